The number of hydrogen-bond acceptors (Lipinski definition) is 2. The third-order valence-corrected chi connectivity index (χ3v) is 1.78. The molecule has 0 saturated heterocycles. The van der Waals surface area contributed by atoms with Crippen molar-refractivity contribution in [3.63, 3.8) is 0 Å². The second-order valence-corrected chi connectivity index (χ2v) is 2.69. The van der Waals surface area contributed by atoms with Gasteiger partial charge < -0.3 is 10.2 Å². The molecule has 0 heterocycles. The molecule has 3 unspecified atom stereocenters. The zero-order valence-electron chi connectivity index (χ0n) is 6.62. The van der Waals surface area contributed by atoms with Crippen molar-refractivity contribution >= 4 is 0 Å². The van der Waals surface area contributed by atoms with Crippen LogP contribution in [0.4, 0.5) is 0 Å². The predicted molar refractivity (Wildman–Crippen MR) is 41.7 cm³/mol. The third kappa shape index (κ3) is 2.99. The summed E-state index contributed by atoms with van der Waals surface area (Å²) in [5.41, 5.74) is 0. The van der Waals surface area contributed by atoms with Gasteiger partial charge in [-0.25, -0.2) is 0 Å². The first-order valence-electron chi connectivity index (χ1n) is 3.56. The van der Waals surface area contributed by atoms with Gasteiger partial charge in [0.1, 0.15) is 0 Å². The molecule has 0 aromatic carbocycles. The van der Waals surface area contributed by atoms with Crippen LogP contribution >= 0.6 is 0 Å². The Labute approximate surface area is 62.2 Å². The van der Waals surface area contributed by atoms with E-state index in [9.17, 15) is 5.11 Å². The summed E-state index contributed by atoms with van der Waals surface area (Å²) < 4.78 is 0. The van der Waals surface area contributed by atoms with Crippen molar-refractivity contribution in [2.24, 2.45) is 5.92 Å². The molecular weight excluding hydrogens is 128 g/mol. The molecule has 0 aliphatic heterocycles. The maximum absolute atomic E-state index is 9.26. The quantitative estimate of drug-likeness (QED) is 0.576. The van der Waals surface area contributed by atoms with E-state index < -0.39 is 12.2 Å². The summed E-state index contributed by atoms with van der Waals surface area (Å²) in [4.78, 5) is 0. The molecule has 0 bridgehead atoms. The summed E-state index contributed by atoms with van der Waals surface area (Å²) in [5.74, 6) is -0.0713. The van der Waals surface area contributed by atoms with Crippen LogP contribution in [0.25, 0.3) is 0 Å². The highest BCUT2D eigenvalue weighted by molar-refractivity contribution is 4.77. The van der Waals surface area contributed by atoms with E-state index in [0.29, 0.717) is 6.42 Å². The van der Waals surface area contributed by atoms with E-state index in [1.165, 1.54) is 0 Å². The number of hydrogen-bond donors (Lipinski definition) is 2. The van der Waals surface area contributed by atoms with Gasteiger partial charge in [0.05, 0.1) is 12.2 Å². The molecule has 0 fully saturated rings. The zero-order valence-corrected chi connectivity index (χ0v) is 6.62. The molecular formula is C8H16O2. The van der Waals surface area contributed by atoms with Crippen molar-refractivity contribution in [1.82, 2.24) is 0 Å². The standard InChI is InChI=1S/C8H16O2/c1-4-5-8(10)6(2)7(3)9/h4,6-10H,1,5H2,2-3H3. The van der Waals surface area contributed by atoms with Gasteiger partial charge in [-0.1, -0.05) is 13.0 Å². The lowest BCUT2D eigenvalue weighted by Crippen LogP contribution is -2.26. The van der Waals surface area contributed by atoms with Crippen molar-refractivity contribution in [2.45, 2.75) is 32.5 Å². The van der Waals surface area contributed by atoms with Gasteiger partial charge in [-0.05, 0) is 13.3 Å². The molecule has 0 rings (SSSR count). The summed E-state index contributed by atoms with van der Waals surface area (Å²) >= 11 is 0. The second kappa shape index (κ2) is 4.47. The van der Waals surface area contributed by atoms with Crippen LogP contribution in [0.2, 0.25) is 0 Å². The highest BCUT2D eigenvalue weighted by Crippen LogP contribution is 2.11. The maximum atomic E-state index is 9.26. The maximum Gasteiger partial charge on any atom is 0.0624 e. The van der Waals surface area contributed by atoms with Crippen molar-refractivity contribution < 1.29 is 10.2 Å². The lowest BCUT2D eigenvalue weighted by Gasteiger charge is -2.19. The van der Waals surface area contributed by atoms with E-state index >= 15 is 0 Å². The van der Waals surface area contributed by atoms with Crippen LogP contribution in [0.3, 0.4) is 0 Å². The van der Waals surface area contributed by atoms with Crippen molar-refractivity contribution in [3.05, 3.63) is 12.7 Å². The van der Waals surface area contributed by atoms with Crippen molar-refractivity contribution in [2.75, 3.05) is 0 Å². The molecule has 3 atom stereocenters. The SMILES string of the molecule is C=CCC(O)C(C)C(C)O. The summed E-state index contributed by atoms with van der Waals surface area (Å²) in [5, 5.41) is 18.3. The van der Waals surface area contributed by atoms with Crippen LogP contribution in [0.15, 0.2) is 12.7 Å². The summed E-state index contributed by atoms with van der Waals surface area (Å²) in [6.45, 7) is 7.00. The van der Waals surface area contributed by atoms with E-state index in [-0.39, 0.29) is 5.92 Å². The minimum atomic E-state index is -0.461. The van der Waals surface area contributed by atoms with Gasteiger partial charge in [-0.2, -0.15) is 0 Å². The van der Waals surface area contributed by atoms with Gasteiger partial charge in [0.25, 0.3) is 0 Å². The minimum Gasteiger partial charge on any atom is -0.393 e. The molecule has 0 saturated carbocycles. The highest BCUT2D eigenvalue weighted by Gasteiger charge is 2.16. The van der Waals surface area contributed by atoms with E-state index in [2.05, 4.69) is 6.58 Å². The van der Waals surface area contributed by atoms with Crippen molar-refractivity contribution in [3.8, 4) is 0 Å². The van der Waals surface area contributed by atoms with Crippen LogP contribution in [0.1, 0.15) is 20.3 Å². The number of aliphatic hydroxyl groups is 2. The Morgan fingerprint density at radius 3 is 2.20 bits per heavy atom. The largest absolute Gasteiger partial charge is 0.393 e. The normalized spacial score (nSPS) is 19.6. The van der Waals surface area contributed by atoms with Gasteiger partial charge in [-0.3, -0.25) is 0 Å². The lowest BCUT2D eigenvalue weighted by atomic mass is 9.97. The number of rotatable bonds is 4. The average molecular weight is 144 g/mol. The zero-order chi connectivity index (χ0) is 8.15. The molecule has 10 heavy (non-hydrogen) atoms. The Kier molecular flexibility index (Phi) is 4.32. The molecule has 0 radical (unpaired) electrons. The summed E-state index contributed by atoms with van der Waals surface area (Å²) in [6, 6.07) is 0. The fraction of sp³-hybridized carbons (Fsp3) is 0.750. The van der Waals surface area contributed by atoms with Gasteiger partial charge in [0, 0.05) is 5.92 Å². The van der Waals surface area contributed by atoms with Crippen LogP contribution in [-0.2, 0) is 0 Å². The topological polar surface area (TPSA) is 40.5 Å². The first kappa shape index (κ1) is 9.66. The van der Waals surface area contributed by atoms with Gasteiger partial charge in [-0.15, -0.1) is 6.58 Å². The Morgan fingerprint density at radius 2 is 1.90 bits per heavy atom. The molecule has 60 valence electrons. The fourth-order valence-corrected chi connectivity index (χ4v) is 0.707. The first-order chi connectivity index (χ1) is 4.59. The van der Waals surface area contributed by atoms with Crippen molar-refractivity contribution in [1.29, 1.82) is 0 Å². The van der Waals surface area contributed by atoms with E-state index in [0.717, 1.165) is 0 Å². The molecule has 0 aliphatic carbocycles. The number of aliphatic hydroxyl groups excluding tert-OH is 2. The van der Waals surface area contributed by atoms with Gasteiger partial charge in [0.15, 0.2) is 0 Å². The van der Waals surface area contributed by atoms with Gasteiger partial charge >= 0.3 is 0 Å². The summed E-state index contributed by atoms with van der Waals surface area (Å²) in [6.07, 6.45) is 1.29. The molecule has 2 nitrogen and oxygen atoms in total. The second-order valence-electron chi connectivity index (χ2n) is 2.69. The molecule has 0 spiro atoms. The Hall–Kier alpha value is -0.340. The van der Waals surface area contributed by atoms with Crippen LogP contribution in [0.5, 0.6) is 0 Å². The average Bonchev–Trinajstić information content (AvgIpc) is 1.87. The lowest BCUT2D eigenvalue weighted by molar-refractivity contribution is 0.0335. The summed E-state index contributed by atoms with van der Waals surface area (Å²) in [7, 11) is 0. The highest BCUT2D eigenvalue weighted by atomic mass is 16.3. The molecule has 2 heteroatoms. The minimum absolute atomic E-state index is 0.0713. The predicted octanol–water partition coefficient (Wildman–Crippen LogP) is 0.940. The Morgan fingerprint density at radius 1 is 1.40 bits per heavy atom. The van der Waals surface area contributed by atoms with Crippen LogP contribution in [0, 0.1) is 5.92 Å². The third-order valence-electron chi connectivity index (χ3n) is 1.78. The molecule has 0 aromatic heterocycles. The first-order valence-corrected chi connectivity index (χ1v) is 3.56. The van der Waals surface area contributed by atoms with E-state index in [4.69, 9.17) is 5.11 Å². The smallest absolute Gasteiger partial charge is 0.0624 e. The molecule has 0 amide bonds. The molecule has 2 N–H and O–H groups in total. The molecule has 0 aliphatic rings. The van der Waals surface area contributed by atoms with E-state index in [1.807, 2.05) is 6.92 Å². The Balaban J connectivity index is 3.68. The monoisotopic (exact) mass is 144 g/mol. The Bertz CT molecular complexity index is 99.4. The van der Waals surface area contributed by atoms with Crippen LogP contribution in [-0.4, -0.2) is 22.4 Å². The van der Waals surface area contributed by atoms with Crippen LogP contribution < -0.4 is 0 Å². The fourth-order valence-electron chi connectivity index (χ4n) is 0.707. The van der Waals surface area contributed by atoms with Gasteiger partial charge in [0.2, 0.25) is 0 Å². The molecule has 0 aromatic rings. The van der Waals surface area contributed by atoms with E-state index in [1.54, 1.807) is 13.0 Å².